The van der Waals surface area contributed by atoms with Gasteiger partial charge in [0.2, 0.25) is 0 Å². The van der Waals surface area contributed by atoms with Crippen LogP contribution in [0.3, 0.4) is 0 Å². The normalized spacial score (nSPS) is 12.2. The molecule has 0 bridgehead atoms. The van der Waals surface area contributed by atoms with Crippen LogP contribution in [-0.2, 0) is 6.54 Å². The number of unbranched alkanes of at least 4 members (excludes halogenated alkanes) is 3. The number of rotatable bonds is 9. The van der Waals surface area contributed by atoms with Gasteiger partial charge in [-0.05, 0) is 29.3 Å². The van der Waals surface area contributed by atoms with E-state index in [9.17, 15) is 4.79 Å². The van der Waals surface area contributed by atoms with E-state index in [0.29, 0.717) is 17.1 Å². The molecule has 0 aliphatic carbocycles. The highest BCUT2D eigenvalue weighted by atomic mass is 79.9. The second-order valence-electron chi connectivity index (χ2n) is 5.04. The van der Waals surface area contributed by atoms with Crippen molar-refractivity contribution in [3.05, 3.63) is 33.7 Å². The number of aromatic nitrogens is 2. The van der Waals surface area contributed by atoms with Crippen molar-refractivity contribution in [1.82, 2.24) is 9.78 Å². The van der Waals surface area contributed by atoms with Crippen LogP contribution in [0.4, 0.5) is 5.69 Å². The van der Waals surface area contributed by atoms with Crippen LogP contribution < -0.4 is 10.9 Å². The molecule has 0 saturated carbocycles. The summed E-state index contributed by atoms with van der Waals surface area (Å²) in [4.78, 5) is 12.0. The van der Waals surface area contributed by atoms with E-state index in [-0.39, 0.29) is 5.56 Å². The Kier molecular flexibility index (Phi) is 7.59. The number of hydrogen-bond donors (Lipinski definition) is 1. The first-order valence-electron chi connectivity index (χ1n) is 7.23. The maximum absolute atomic E-state index is 12.0. The second kappa shape index (κ2) is 8.95. The van der Waals surface area contributed by atoms with Crippen molar-refractivity contribution < 1.29 is 0 Å². The second-order valence-corrected chi connectivity index (χ2v) is 5.84. The lowest BCUT2D eigenvalue weighted by atomic mass is 10.1. The summed E-state index contributed by atoms with van der Waals surface area (Å²) in [5.41, 5.74) is 0.631. The first-order valence-corrected chi connectivity index (χ1v) is 8.02. The molecule has 0 aromatic carbocycles. The van der Waals surface area contributed by atoms with Crippen LogP contribution >= 0.6 is 15.9 Å². The summed E-state index contributed by atoms with van der Waals surface area (Å²) >= 11 is 3.35. The Morgan fingerprint density at radius 3 is 2.90 bits per heavy atom. The minimum atomic E-state index is -0.131. The van der Waals surface area contributed by atoms with Gasteiger partial charge in [-0.25, -0.2) is 4.68 Å². The maximum atomic E-state index is 12.0. The lowest BCUT2D eigenvalue weighted by Gasteiger charge is -2.16. The molecular weight excluding hydrogens is 318 g/mol. The van der Waals surface area contributed by atoms with Crippen LogP contribution in [0, 0.1) is 0 Å². The van der Waals surface area contributed by atoms with Crippen LogP contribution in [0.1, 0.15) is 46.0 Å². The predicted molar refractivity (Wildman–Crippen MR) is 88.2 cm³/mol. The average molecular weight is 342 g/mol. The largest absolute Gasteiger partial charge is 0.380 e. The third kappa shape index (κ3) is 5.12. The number of hydrogen-bond acceptors (Lipinski definition) is 3. The zero-order chi connectivity index (χ0) is 15.0. The van der Waals surface area contributed by atoms with Crippen LogP contribution in [0.5, 0.6) is 0 Å². The van der Waals surface area contributed by atoms with Crippen molar-refractivity contribution in [3.63, 3.8) is 0 Å². The highest BCUT2D eigenvalue weighted by Gasteiger charge is 2.10. The van der Waals surface area contributed by atoms with E-state index in [1.807, 2.05) is 0 Å². The molecule has 1 unspecified atom stereocenters. The Balaban J connectivity index is 2.61. The van der Waals surface area contributed by atoms with Crippen molar-refractivity contribution in [2.75, 3.05) is 5.32 Å². The molecule has 0 spiro atoms. The van der Waals surface area contributed by atoms with E-state index in [2.05, 4.69) is 46.8 Å². The monoisotopic (exact) mass is 341 g/mol. The van der Waals surface area contributed by atoms with Crippen LogP contribution in [0.25, 0.3) is 0 Å². The van der Waals surface area contributed by atoms with Gasteiger partial charge in [0.1, 0.15) is 4.47 Å². The molecule has 4 nitrogen and oxygen atoms in total. The summed E-state index contributed by atoms with van der Waals surface area (Å²) in [6.07, 6.45) is 9.46. The third-order valence-electron chi connectivity index (χ3n) is 3.18. The zero-order valence-electron chi connectivity index (χ0n) is 12.4. The molecule has 0 amide bonds. The Labute approximate surface area is 129 Å². The van der Waals surface area contributed by atoms with E-state index < -0.39 is 0 Å². The van der Waals surface area contributed by atoms with Gasteiger partial charge in [0.15, 0.2) is 0 Å². The number of nitrogens with one attached hydrogen (secondary N) is 1. The van der Waals surface area contributed by atoms with Gasteiger partial charge >= 0.3 is 0 Å². The van der Waals surface area contributed by atoms with E-state index >= 15 is 0 Å². The fraction of sp³-hybridized carbons (Fsp3) is 0.600. The van der Waals surface area contributed by atoms with Crippen LogP contribution in [-0.4, -0.2) is 15.8 Å². The minimum absolute atomic E-state index is 0.131. The molecule has 1 atom stereocenters. The van der Waals surface area contributed by atoms with Gasteiger partial charge < -0.3 is 5.32 Å². The van der Waals surface area contributed by atoms with Gasteiger partial charge in [0, 0.05) is 6.04 Å². The third-order valence-corrected chi connectivity index (χ3v) is 3.95. The topological polar surface area (TPSA) is 46.9 Å². The van der Waals surface area contributed by atoms with Gasteiger partial charge in [0.25, 0.3) is 5.56 Å². The summed E-state index contributed by atoms with van der Waals surface area (Å²) in [5, 5.41) is 7.48. The van der Waals surface area contributed by atoms with E-state index in [1.54, 1.807) is 12.3 Å². The molecule has 112 valence electrons. The summed E-state index contributed by atoms with van der Waals surface area (Å²) in [6, 6.07) is 0.333. The van der Waals surface area contributed by atoms with Gasteiger partial charge in [-0.3, -0.25) is 4.79 Å². The molecule has 0 fully saturated rings. The van der Waals surface area contributed by atoms with Gasteiger partial charge in [-0.15, -0.1) is 6.58 Å². The molecular formula is C15H24BrN3O. The highest BCUT2D eigenvalue weighted by Crippen LogP contribution is 2.18. The molecule has 1 heterocycles. The SMILES string of the molecule is C=CCn1ncc(NC(C)CCCCCC)c(Br)c1=O. The number of anilines is 1. The van der Waals surface area contributed by atoms with E-state index in [1.165, 1.54) is 30.4 Å². The van der Waals surface area contributed by atoms with Crippen molar-refractivity contribution in [2.45, 2.75) is 58.5 Å². The van der Waals surface area contributed by atoms with Gasteiger partial charge in [-0.2, -0.15) is 5.10 Å². The Hall–Kier alpha value is -1.10. The Morgan fingerprint density at radius 1 is 1.50 bits per heavy atom. The molecule has 1 aromatic rings. The Morgan fingerprint density at radius 2 is 2.25 bits per heavy atom. The van der Waals surface area contributed by atoms with Crippen LogP contribution in [0.2, 0.25) is 0 Å². The van der Waals surface area contributed by atoms with Crippen molar-refractivity contribution in [1.29, 1.82) is 0 Å². The molecule has 0 saturated heterocycles. The maximum Gasteiger partial charge on any atom is 0.283 e. The quantitative estimate of drug-likeness (QED) is 0.546. The van der Waals surface area contributed by atoms with Gasteiger partial charge in [-0.1, -0.05) is 38.7 Å². The van der Waals surface area contributed by atoms with Gasteiger partial charge in [0.05, 0.1) is 18.4 Å². The molecule has 0 aliphatic heterocycles. The smallest absolute Gasteiger partial charge is 0.283 e. The fourth-order valence-electron chi connectivity index (χ4n) is 2.03. The molecule has 20 heavy (non-hydrogen) atoms. The number of nitrogens with zero attached hydrogens (tertiary/aromatic N) is 2. The lowest BCUT2D eigenvalue weighted by Crippen LogP contribution is -2.25. The molecule has 0 aliphatic rings. The Bertz CT molecular complexity index is 484. The van der Waals surface area contributed by atoms with Crippen molar-refractivity contribution >= 4 is 21.6 Å². The average Bonchev–Trinajstić information content (AvgIpc) is 2.43. The molecule has 1 rings (SSSR count). The molecule has 5 heteroatoms. The fourth-order valence-corrected chi connectivity index (χ4v) is 2.45. The first-order chi connectivity index (χ1) is 9.60. The van der Waals surface area contributed by atoms with Crippen molar-refractivity contribution in [3.8, 4) is 0 Å². The molecule has 1 aromatic heterocycles. The van der Waals surface area contributed by atoms with Crippen LogP contribution in [0.15, 0.2) is 28.1 Å². The number of halogens is 1. The molecule has 0 radical (unpaired) electrons. The van der Waals surface area contributed by atoms with E-state index in [0.717, 1.165) is 12.1 Å². The lowest BCUT2D eigenvalue weighted by molar-refractivity contribution is 0.592. The minimum Gasteiger partial charge on any atom is -0.380 e. The number of allylic oxidation sites excluding steroid dienone is 1. The van der Waals surface area contributed by atoms with E-state index in [4.69, 9.17) is 0 Å². The summed E-state index contributed by atoms with van der Waals surface area (Å²) in [7, 11) is 0. The predicted octanol–water partition coefficient (Wildman–Crippen LogP) is 3.96. The summed E-state index contributed by atoms with van der Waals surface area (Å²) < 4.78 is 1.92. The summed E-state index contributed by atoms with van der Waals surface area (Å²) in [6.45, 7) is 8.38. The summed E-state index contributed by atoms with van der Waals surface area (Å²) in [5.74, 6) is 0. The molecule has 1 N–H and O–H groups in total. The van der Waals surface area contributed by atoms with Crippen molar-refractivity contribution in [2.24, 2.45) is 0 Å². The first kappa shape index (κ1) is 17.0. The zero-order valence-corrected chi connectivity index (χ0v) is 13.9. The highest BCUT2D eigenvalue weighted by molar-refractivity contribution is 9.10. The standard InChI is InChI=1S/C15H24BrN3O/c1-4-6-7-8-9-12(3)18-13-11-17-19(10-5-2)15(20)14(13)16/h5,11-12,18H,2,4,6-10H2,1,3H3.